The lowest BCUT2D eigenvalue weighted by Gasteiger charge is -2.34. The molecule has 2 rings (SSSR count). The van der Waals surface area contributed by atoms with E-state index in [2.05, 4.69) is 68.8 Å². The summed E-state index contributed by atoms with van der Waals surface area (Å²) in [4.78, 5) is 209. The van der Waals surface area contributed by atoms with Gasteiger partial charge in [-0.05, 0) is 95.0 Å². The van der Waals surface area contributed by atoms with Crippen molar-refractivity contribution in [1.82, 2.24) is 63.8 Å². The second-order valence-corrected chi connectivity index (χ2v) is 28.9. The third-order valence-corrected chi connectivity index (χ3v) is 16.0. The van der Waals surface area contributed by atoms with Gasteiger partial charge in [-0.3, -0.25) is 57.7 Å². The van der Waals surface area contributed by atoms with Gasteiger partial charge in [0.1, 0.15) is 60.0 Å². The van der Waals surface area contributed by atoms with E-state index < -0.39 is 229 Å². The molecule has 0 unspecified atom stereocenters. The van der Waals surface area contributed by atoms with Gasteiger partial charge in [0.05, 0.1) is 25.4 Å². The normalized spacial score (nSPS) is 22.0. The van der Waals surface area contributed by atoms with Gasteiger partial charge >= 0.3 is 36.4 Å². The molecule has 1 heterocycles. The number of rotatable bonds is 26. The summed E-state index contributed by atoms with van der Waals surface area (Å²) < 4.78 is 74.9. The first kappa shape index (κ1) is 104. The first-order valence-electron chi connectivity index (χ1n) is 36.1. The number of carboxylic acids is 2. The second kappa shape index (κ2) is 49.4. The topological polar surface area (TPSA) is 631 Å². The van der Waals surface area contributed by atoms with Gasteiger partial charge in [-0.25, -0.2) is 19.2 Å². The molecule has 0 saturated carbocycles. The molecular weight excluding hydrogens is 1530 g/mol. The Morgan fingerprint density at radius 3 is 1.56 bits per heavy atom. The SMILES string of the molecule is CC[C@H](C)[C@@H]1NC(=O)[C@@H](CCCN=C(N)N)NC(=O)[C@H](CC(C)C)NC(=O)[C@H]([C@H](O)C(C)C)NC(=O)[C@@H](NC(=O)[C@H](CC(C)C)NC(=O)[C@@H](CC(C)C)NC(=O)OC(C)(C)C)[C@@H](c2ccccc2)OC(=O)[C@H](CO)NC(=O)[C@H]([C@H](O)C(=O)NCCN)NC(=O)CNC(=O)[C@H]([C@H](C)O)NC1=O.O=C(O)C(F)(F)F.O=C(O)C(F)(F)F. The highest BCUT2D eigenvalue weighted by Crippen LogP contribution is 2.26. The molecule has 1 aliphatic rings. The van der Waals surface area contributed by atoms with Gasteiger partial charge in [0.25, 0.3) is 5.91 Å². The summed E-state index contributed by atoms with van der Waals surface area (Å²) in [6.45, 7) is 19.5. The van der Waals surface area contributed by atoms with E-state index in [0.717, 1.165) is 6.92 Å². The number of hydrogen-bond acceptors (Lipinski definition) is 23. The molecule has 0 bridgehead atoms. The van der Waals surface area contributed by atoms with E-state index in [1.807, 2.05) is 0 Å². The number of alkyl halides is 6. The minimum atomic E-state index is -5.08. The van der Waals surface area contributed by atoms with E-state index >= 15 is 14.4 Å². The van der Waals surface area contributed by atoms with E-state index in [4.69, 9.17) is 46.5 Å². The monoisotopic (exact) mass is 1650 g/mol. The summed E-state index contributed by atoms with van der Waals surface area (Å²) in [6.07, 6.45) is -19.6. The van der Waals surface area contributed by atoms with Gasteiger partial charge in [0, 0.05) is 19.6 Å². The van der Waals surface area contributed by atoms with Crippen molar-refractivity contribution >= 4 is 94.9 Å². The fourth-order valence-electron chi connectivity index (χ4n) is 10.1. The number of alkyl carbamates (subject to hydrolysis) is 1. The Morgan fingerprint density at radius 2 is 1.10 bits per heavy atom. The number of cyclic esters (lactones) is 1. The van der Waals surface area contributed by atoms with E-state index in [-0.39, 0.29) is 75.6 Å². The number of nitrogens with zero attached hydrogens (tertiary/aromatic N) is 1. The second-order valence-electron chi connectivity index (χ2n) is 28.9. The van der Waals surface area contributed by atoms with Gasteiger partial charge in [0.15, 0.2) is 24.2 Å². The molecule has 0 radical (unpaired) electrons. The highest BCUT2D eigenvalue weighted by Gasteiger charge is 2.45. The average Bonchev–Trinajstić information content (AvgIpc) is 0.806. The first-order valence-corrected chi connectivity index (χ1v) is 36.1. The van der Waals surface area contributed by atoms with Crippen molar-refractivity contribution in [3.63, 3.8) is 0 Å². The van der Waals surface area contributed by atoms with Crippen LogP contribution in [0.1, 0.15) is 147 Å². The molecule has 1 aromatic rings. The number of hydrogen-bond donors (Lipinski definition) is 21. The molecule has 0 aromatic heterocycles. The van der Waals surface area contributed by atoms with Crippen molar-refractivity contribution in [1.29, 1.82) is 0 Å². The van der Waals surface area contributed by atoms with Crippen LogP contribution in [0.4, 0.5) is 31.1 Å². The molecule has 24 N–H and O–H groups in total. The Labute approximate surface area is 653 Å². The summed E-state index contributed by atoms with van der Waals surface area (Å²) in [5.41, 5.74) is 15.6. The molecule has 15 atom stereocenters. The Hall–Kier alpha value is -10.3. The van der Waals surface area contributed by atoms with Gasteiger partial charge in [-0.1, -0.05) is 106 Å². The van der Waals surface area contributed by atoms with Crippen molar-refractivity contribution in [3.8, 4) is 0 Å². The van der Waals surface area contributed by atoms with Crippen LogP contribution in [-0.4, -0.2) is 255 Å². The van der Waals surface area contributed by atoms with Crippen molar-refractivity contribution in [3.05, 3.63) is 35.9 Å². The molecule has 114 heavy (non-hydrogen) atoms. The van der Waals surface area contributed by atoms with Crippen molar-refractivity contribution in [2.45, 2.75) is 238 Å². The number of aliphatic hydroxyl groups is 4. The Bertz CT molecular complexity index is 3380. The van der Waals surface area contributed by atoms with Crippen LogP contribution in [-0.2, 0) is 76.6 Å². The lowest BCUT2D eigenvalue weighted by molar-refractivity contribution is -0.193. The van der Waals surface area contributed by atoms with E-state index in [1.54, 1.807) is 76.2 Å². The number of benzene rings is 1. The number of aliphatic hydroxyl groups excluding tert-OH is 4. The van der Waals surface area contributed by atoms with E-state index in [1.165, 1.54) is 44.2 Å². The van der Waals surface area contributed by atoms with E-state index in [0.29, 0.717) is 0 Å². The molecule has 1 saturated heterocycles. The number of carboxylic acid groups (broad SMARTS) is 2. The number of guanidine groups is 1. The minimum absolute atomic E-state index is 0.0300. The van der Waals surface area contributed by atoms with Crippen molar-refractivity contribution in [2.75, 3.05) is 32.8 Å². The maximum absolute atomic E-state index is 15.6. The lowest BCUT2D eigenvalue weighted by atomic mass is 9.95. The lowest BCUT2D eigenvalue weighted by Crippen LogP contribution is -2.64. The third kappa shape index (κ3) is 39.0. The Balaban J connectivity index is 0.00000828. The summed E-state index contributed by atoms with van der Waals surface area (Å²) in [7, 11) is 0. The van der Waals surface area contributed by atoms with Crippen LogP contribution in [0.2, 0.25) is 0 Å². The maximum Gasteiger partial charge on any atom is 0.490 e. The molecular formula is C69H112F6N16O23. The zero-order valence-corrected chi connectivity index (χ0v) is 65.7. The van der Waals surface area contributed by atoms with Crippen LogP contribution in [0.5, 0.6) is 0 Å². The van der Waals surface area contributed by atoms with Gasteiger partial charge in [0.2, 0.25) is 59.1 Å². The summed E-state index contributed by atoms with van der Waals surface area (Å²) in [6, 6.07) is -11.4. The van der Waals surface area contributed by atoms with Crippen LogP contribution in [0.3, 0.4) is 0 Å². The number of amides is 12. The Morgan fingerprint density at radius 1 is 0.614 bits per heavy atom. The van der Waals surface area contributed by atoms with Crippen LogP contribution in [0.15, 0.2) is 35.3 Å². The molecule has 12 amide bonds. The van der Waals surface area contributed by atoms with Crippen LogP contribution < -0.4 is 81.0 Å². The fraction of sp³-hybridized carbons (Fsp3) is 0.681. The quantitative estimate of drug-likeness (QED) is 0.0144. The number of aliphatic imine (C=N–C) groups is 1. The summed E-state index contributed by atoms with van der Waals surface area (Å²) >= 11 is 0. The van der Waals surface area contributed by atoms with Crippen LogP contribution in [0.25, 0.3) is 0 Å². The fourth-order valence-corrected chi connectivity index (χ4v) is 10.1. The van der Waals surface area contributed by atoms with Crippen LogP contribution in [0, 0.1) is 29.6 Å². The number of esters is 1. The number of carbonyl (C=O) groups excluding carboxylic acids is 13. The number of ether oxygens (including phenoxy) is 2. The number of aliphatic carboxylic acids is 2. The molecule has 0 aliphatic carbocycles. The first-order chi connectivity index (χ1) is 52.5. The summed E-state index contributed by atoms with van der Waals surface area (Å²) in [5.74, 6) is -23.1. The third-order valence-electron chi connectivity index (χ3n) is 16.0. The Kier molecular flexibility index (Phi) is 44.9. The zero-order chi connectivity index (χ0) is 88.2. The van der Waals surface area contributed by atoms with Gasteiger partial charge < -0.3 is 121 Å². The van der Waals surface area contributed by atoms with Crippen molar-refractivity contribution in [2.24, 2.45) is 51.8 Å². The average molecular weight is 1650 g/mol. The molecule has 0 spiro atoms. The molecule has 1 fully saturated rings. The highest BCUT2D eigenvalue weighted by atomic mass is 19.4. The number of nitrogens with one attached hydrogen (secondary N) is 12. The maximum atomic E-state index is 15.6. The van der Waals surface area contributed by atoms with Gasteiger partial charge in [-0.15, -0.1) is 0 Å². The van der Waals surface area contributed by atoms with Crippen molar-refractivity contribution < 1.29 is 138 Å². The molecule has 45 heteroatoms. The number of carbonyl (C=O) groups is 15. The number of halogens is 6. The standard InChI is InChI=1S/C65H110N16O19.2C2HF3O2/c1-15-35(10)44-57(92)79-45(36(11)83)56(91)71-29-43(84)77-47(50(86)61(96)69-25-23-66)59(94)75-42(30-82)62(97)99-51(37-20-17-16-18-21-37)48(81-55(90)40(27-32(4)5)73-54(89)41(28-33(6)7)76-64(98)100-65(12,13)14)60(95)80-46(49(85)34(8)9)58(93)74-39(26-31(2)3)53(88)72-38(52(87)78-44)22-19-24-70-63(67)68;2*3-2(4,5)1(6)7/h16-18,20-21,31-36,38-42,44-51,82-83,85-86H,15,19,22-30,66H2,1-14H3,(H,69,96)(H,71,91)(H,72,88)(H,73,89)(H,74,93)(H,75,94)(H,76,98)(H,77,84)(H,78,87)(H,79,92)(H,80,95)(H,81,90)(H4,67,68,70);2*(H,6,7)/t35-,36-,38+,39-,40-,41+,42-,44-,45-,46-,47-,48-,49+,50-,51+;;/m0../s1. The van der Waals surface area contributed by atoms with Crippen LogP contribution >= 0.6 is 0 Å². The van der Waals surface area contributed by atoms with E-state index in [9.17, 15) is 94.7 Å². The predicted molar refractivity (Wildman–Crippen MR) is 392 cm³/mol. The summed E-state index contributed by atoms with van der Waals surface area (Å²) in [5, 5.41) is 88.3. The number of nitrogens with two attached hydrogens (primary N) is 3. The zero-order valence-electron chi connectivity index (χ0n) is 65.7. The largest absolute Gasteiger partial charge is 0.490 e. The van der Waals surface area contributed by atoms with Gasteiger partial charge in [-0.2, -0.15) is 26.3 Å². The predicted octanol–water partition coefficient (Wildman–Crippen LogP) is -3.01. The smallest absolute Gasteiger partial charge is 0.475 e. The molecule has 648 valence electrons. The molecule has 1 aromatic carbocycles. The minimum Gasteiger partial charge on any atom is -0.475 e. The molecule has 39 nitrogen and oxygen atoms in total. The molecule has 1 aliphatic heterocycles. The highest BCUT2D eigenvalue weighted by molar-refractivity contribution is 6.00.